The molecule has 5 heteroatoms. The summed E-state index contributed by atoms with van der Waals surface area (Å²) in [4.78, 5) is 11.2. The van der Waals surface area contributed by atoms with Gasteiger partial charge in [-0.05, 0) is 26.3 Å². The van der Waals surface area contributed by atoms with Crippen LogP contribution in [0.15, 0.2) is 30.3 Å². The molecule has 0 fully saturated rings. The molecule has 0 aliphatic carbocycles. The summed E-state index contributed by atoms with van der Waals surface area (Å²) in [6.07, 6.45) is 0.419. The lowest BCUT2D eigenvalue weighted by Gasteiger charge is -2.29. The number of carbonyl (C=O) groups excluding carboxylic acids is 1. The summed E-state index contributed by atoms with van der Waals surface area (Å²) in [5.74, 6) is -0.413. The number of benzene rings is 1. The van der Waals surface area contributed by atoms with Crippen molar-refractivity contribution in [3.63, 3.8) is 0 Å². The molecule has 0 aliphatic rings. The van der Waals surface area contributed by atoms with Gasteiger partial charge in [-0.1, -0.05) is 30.3 Å². The van der Waals surface area contributed by atoms with Gasteiger partial charge in [0.25, 0.3) is 0 Å². The van der Waals surface area contributed by atoms with Crippen LogP contribution in [0, 0.1) is 0 Å². The van der Waals surface area contributed by atoms with Gasteiger partial charge in [-0.25, -0.2) is 0 Å². The van der Waals surface area contributed by atoms with Gasteiger partial charge in [0.15, 0.2) is 5.72 Å². The van der Waals surface area contributed by atoms with Crippen LogP contribution >= 0.6 is 12.6 Å². The second kappa shape index (κ2) is 7.11. The maximum atomic E-state index is 11.2. The summed E-state index contributed by atoms with van der Waals surface area (Å²) in [7, 11) is 0. The molecule has 0 bridgehead atoms. The molecule has 1 aromatic carbocycles. The van der Waals surface area contributed by atoms with Crippen molar-refractivity contribution in [1.29, 1.82) is 0 Å². The van der Waals surface area contributed by atoms with Crippen LogP contribution in [0.5, 0.6) is 0 Å². The third-order valence-electron chi connectivity index (χ3n) is 3.01. The Bertz CT molecular complexity index is 432. The van der Waals surface area contributed by atoms with Gasteiger partial charge in [-0.3, -0.25) is 10.5 Å². The smallest absolute Gasteiger partial charge is 0.317 e. The van der Waals surface area contributed by atoms with Crippen LogP contribution in [0.4, 0.5) is 0 Å². The Hall–Kier alpha value is -1.04. The van der Waals surface area contributed by atoms with E-state index < -0.39 is 17.3 Å². The first kappa shape index (κ1) is 17.0. The van der Waals surface area contributed by atoms with Crippen LogP contribution in [0.25, 0.3) is 0 Å². The normalized spacial score (nSPS) is 14.7. The molecular weight excluding hydrogens is 274 g/mol. The molecule has 1 unspecified atom stereocenters. The Balaban J connectivity index is 2.49. The van der Waals surface area contributed by atoms with E-state index in [4.69, 9.17) is 15.2 Å². The second-order valence-electron chi connectivity index (χ2n) is 5.42. The number of hydrogen-bond acceptors (Lipinski definition) is 5. The Morgan fingerprint density at radius 3 is 2.40 bits per heavy atom. The van der Waals surface area contributed by atoms with Gasteiger partial charge in [-0.2, -0.15) is 12.6 Å². The maximum Gasteiger partial charge on any atom is 0.317 e. The Kier molecular flexibility index (Phi) is 6.05. The number of hydrogen-bond donors (Lipinski definition) is 2. The minimum atomic E-state index is -1.04. The highest BCUT2D eigenvalue weighted by Crippen LogP contribution is 2.25. The van der Waals surface area contributed by atoms with Crippen LogP contribution in [0.2, 0.25) is 0 Å². The van der Waals surface area contributed by atoms with Gasteiger partial charge in [0, 0.05) is 6.42 Å². The molecular formula is C15H23NO3S. The summed E-state index contributed by atoms with van der Waals surface area (Å²) in [6, 6.07) is 9.95. The summed E-state index contributed by atoms with van der Waals surface area (Å²) in [5, 5.41) is 0. The van der Waals surface area contributed by atoms with Gasteiger partial charge in [-0.15, -0.1) is 0 Å². The van der Waals surface area contributed by atoms with Gasteiger partial charge < -0.3 is 9.47 Å². The zero-order valence-electron chi connectivity index (χ0n) is 12.3. The Morgan fingerprint density at radius 2 is 1.85 bits per heavy atom. The molecule has 2 N–H and O–H groups in total. The number of carbonyl (C=O) groups is 1. The predicted molar refractivity (Wildman–Crippen MR) is 82.6 cm³/mol. The van der Waals surface area contributed by atoms with Gasteiger partial charge in [0.05, 0.1) is 18.0 Å². The minimum Gasteiger partial charge on any atom is -0.444 e. The average molecular weight is 297 g/mol. The van der Waals surface area contributed by atoms with Crippen molar-refractivity contribution in [3.8, 4) is 0 Å². The number of esters is 1. The third-order valence-corrected chi connectivity index (χ3v) is 3.26. The molecule has 1 atom stereocenters. The van der Waals surface area contributed by atoms with E-state index >= 15 is 0 Å². The molecule has 0 aromatic heterocycles. The minimum absolute atomic E-state index is 0.0170. The number of ether oxygens (including phenoxy) is 2. The molecule has 0 amide bonds. The highest BCUT2D eigenvalue weighted by Gasteiger charge is 2.26. The van der Waals surface area contributed by atoms with Crippen molar-refractivity contribution in [1.82, 2.24) is 0 Å². The van der Waals surface area contributed by atoms with Gasteiger partial charge in [0.2, 0.25) is 0 Å². The SMILES string of the molecule is CC(N)(CCOC(C)(C)c1ccccc1)OC(=O)CS. The summed E-state index contributed by atoms with van der Waals surface area (Å²) in [5.41, 5.74) is 5.55. The summed E-state index contributed by atoms with van der Waals surface area (Å²) >= 11 is 3.85. The van der Waals surface area contributed by atoms with E-state index in [1.54, 1.807) is 6.92 Å². The van der Waals surface area contributed by atoms with E-state index in [1.807, 2.05) is 44.2 Å². The lowest BCUT2D eigenvalue weighted by atomic mass is 9.98. The zero-order chi connectivity index (χ0) is 15.2. The first-order chi connectivity index (χ1) is 9.27. The summed E-state index contributed by atoms with van der Waals surface area (Å²) < 4.78 is 11.0. The number of thiol groups is 1. The first-order valence-electron chi connectivity index (χ1n) is 6.58. The van der Waals surface area contributed by atoms with Gasteiger partial charge in [0.1, 0.15) is 0 Å². The fourth-order valence-corrected chi connectivity index (χ4v) is 1.84. The fourth-order valence-electron chi connectivity index (χ4n) is 1.78. The lowest BCUT2D eigenvalue weighted by molar-refractivity contribution is -0.157. The van der Waals surface area contributed by atoms with Crippen LogP contribution in [-0.2, 0) is 19.9 Å². The highest BCUT2D eigenvalue weighted by atomic mass is 32.1. The van der Waals surface area contributed by atoms with E-state index in [1.165, 1.54) is 0 Å². The standard InChI is InChI=1S/C15H23NO3S/c1-14(2,12-7-5-4-6-8-12)18-10-9-15(3,16)19-13(17)11-20/h4-8,20H,9-11,16H2,1-3H3. The van der Waals surface area contributed by atoms with Crippen molar-refractivity contribution in [2.24, 2.45) is 5.73 Å². The van der Waals surface area contributed by atoms with E-state index in [2.05, 4.69) is 12.6 Å². The van der Waals surface area contributed by atoms with Crippen LogP contribution < -0.4 is 5.73 Å². The molecule has 1 rings (SSSR count). The second-order valence-corrected chi connectivity index (χ2v) is 5.74. The molecule has 20 heavy (non-hydrogen) atoms. The van der Waals surface area contributed by atoms with Crippen molar-refractivity contribution in [3.05, 3.63) is 35.9 Å². The summed E-state index contributed by atoms with van der Waals surface area (Å²) in [6.45, 7) is 6.05. The molecule has 4 nitrogen and oxygen atoms in total. The largest absolute Gasteiger partial charge is 0.444 e. The molecule has 0 saturated carbocycles. The van der Waals surface area contributed by atoms with Crippen molar-refractivity contribution in [2.75, 3.05) is 12.4 Å². The predicted octanol–water partition coefficient (Wildman–Crippen LogP) is 2.48. The number of nitrogens with two attached hydrogens (primary N) is 1. The molecule has 0 saturated heterocycles. The fraction of sp³-hybridized carbons (Fsp3) is 0.533. The Labute approximate surface area is 126 Å². The van der Waals surface area contributed by atoms with E-state index in [0.29, 0.717) is 13.0 Å². The molecule has 1 aromatic rings. The highest BCUT2D eigenvalue weighted by molar-refractivity contribution is 7.81. The zero-order valence-corrected chi connectivity index (χ0v) is 13.2. The average Bonchev–Trinajstić information content (AvgIpc) is 2.38. The topological polar surface area (TPSA) is 61.6 Å². The van der Waals surface area contributed by atoms with Crippen molar-refractivity contribution < 1.29 is 14.3 Å². The van der Waals surface area contributed by atoms with Crippen LogP contribution in [0.1, 0.15) is 32.8 Å². The molecule has 0 aliphatic heterocycles. The third kappa shape index (κ3) is 5.53. The molecule has 112 valence electrons. The van der Waals surface area contributed by atoms with Crippen molar-refractivity contribution >= 4 is 18.6 Å². The molecule has 0 radical (unpaired) electrons. The Morgan fingerprint density at radius 1 is 1.25 bits per heavy atom. The van der Waals surface area contributed by atoms with Crippen molar-refractivity contribution in [2.45, 2.75) is 38.5 Å². The maximum absolute atomic E-state index is 11.2. The van der Waals surface area contributed by atoms with Crippen LogP contribution in [0.3, 0.4) is 0 Å². The quantitative estimate of drug-likeness (QED) is 0.461. The van der Waals surface area contributed by atoms with Gasteiger partial charge >= 0.3 is 5.97 Å². The molecule has 0 heterocycles. The van der Waals surface area contributed by atoms with Crippen LogP contribution in [-0.4, -0.2) is 24.1 Å². The van der Waals surface area contributed by atoms with E-state index in [0.717, 1.165) is 5.56 Å². The monoisotopic (exact) mass is 297 g/mol. The molecule has 0 spiro atoms. The van der Waals surface area contributed by atoms with E-state index in [-0.39, 0.29) is 5.75 Å². The lowest BCUT2D eigenvalue weighted by Crippen LogP contribution is -2.43. The van der Waals surface area contributed by atoms with E-state index in [9.17, 15) is 4.79 Å². The first-order valence-corrected chi connectivity index (χ1v) is 7.21. The number of rotatable bonds is 7.